The molecule has 3 heteroatoms. The minimum atomic E-state index is -0.145. The summed E-state index contributed by atoms with van der Waals surface area (Å²) < 4.78 is 2.19. The summed E-state index contributed by atoms with van der Waals surface area (Å²) in [4.78, 5) is 4.49. The number of hydrogen-bond acceptors (Lipinski definition) is 2. The largest absolute Gasteiger partial charge is 0.331 e. The van der Waals surface area contributed by atoms with Crippen LogP contribution in [0.3, 0.4) is 0 Å². The maximum atomic E-state index is 6.05. The maximum Gasteiger partial charge on any atom is 0.0958 e. The van der Waals surface area contributed by atoms with Gasteiger partial charge in [0.25, 0.3) is 0 Å². The van der Waals surface area contributed by atoms with Gasteiger partial charge in [0.2, 0.25) is 0 Å². The summed E-state index contributed by atoms with van der Waals surface area (Å²) >= 11 is 0. The highest BCUT2D eigenvalue weighted by Crippen LogP contribution is 2.22. The molecule has 0 unspecified atom stereocenters. The van der Waals surface area contributed by atoms with Crippen LogP contribution in [0.2, 0.25) is 0 Å². The molecule has 1 aromatic heterocycles. The van der Waals surface area contributed by atoms with Crippen molar-refractivity contribution < 1.29 is 0 Å². The highest BCUT2D eigenvalue weighted by molar-refractivity contribution is 5.95. The first-order valence-electron chi connectivity index (χ1n) is 6.65. The van der Waals surface area contributed by atoms with Crippen LogP contribution in [-0.2, 0) is 6.54 Å². The number of aromatic nitrogens is 2. The fraction of sp³-hybridized carbons (Fsp3) is 0.312. The van der Waals surface area contributed by atoms with Crippen LogP contribution < -0.4 is 5.73 Å². The fourth-order valence-corrected chi connectivity index (χ4v) is 2.33. The van der Waals surface area contributed by atoms with Gasteiger partial charge < -0.3 is 10.3 Å². The molecule has 0 bridgehead atoms. The van der Waals surface area contributed by atoms with Gasteiger partial charge in [0.15, 0.2) is 0 Å². The van der Waals surface area contributed by atoms with E-state index in [1.54, 1.807) is 0 Å². The molecule has 3 aromatic rings. The Kier molecular flexibility index (Phi) is 2.79. The summed E-state index contributed by atoms with van der Waals surface area (Å²) in [5.74, 6) is 0. The van der Waals surface area contributed by atoms with Gasteiger partial charge in [0.05, 0.1) is 17.4 Å². The van der Waals surface area contributed by atoms with Crippen molar-refractivity contribution in [1.82, 2.24) is 9.55 Å². The van der Waals surface area contributed by atoms with E-state index in [0.717, 1.165) is 18.5 Å². The standard InChI is InChI=1S/C16H19N3/c1-16(2,17)7-8-19-11-18-14-9-12-5-3-4-6-13(12)10-15(14)19/h3-6,9-11H,7-8,17H2,1-2H3. The third-order valence-corrected chi connectivity index (χ3v) is 3.49. The highest BCUT2D eigenvalue weighted by Gasteiger charge is 2.12. The number of fused-ring (bicyclic) bond motifs is 2. The van der Waals surface area contributed by atoms with Gasteiger partial charge in [-0.3, -0.25) is 0 Å². The number of imidazole rings is 1. The molecule has 0 spiro atoms. The maximum absolute atomic E-state index is 6.05. The second-order valence-electron chi connectivity index (χ2n) is 5.86. The van der Waals surface area contributed by atoms with Crippen LogP contribution in [0.4, 0.5) is 0 Å². The molecule has 98 valence electrons. The van der Waals surface area contributed by atoms with E-state index >= 15 is 0 Å². The van der Waals surface area contributed by atoms with Gasteiger partial charge in [0, 0.05) is 12.1 Å². The van der Waals surface area contributed by atoms with Crippen LogP contribution in [0.5, 0.6) is 0 Å². The zero-order valence-corrected chi connectivity index (χ0v) is 11.4. The number of benzene rings is 2. The van der Waals surface area contributed by atoms with E-state index in [4.69, 9.17) is 5.73 Å². The molecule has 0 fully saturated rings. The Labute approximate surface area is 113 Å². The van der Waals surface area contributed by atoms with Crippen molar-refractivity contribution in [2.75, 3.05) is 0 Å². The van der Waals surface area contributed by atoms with Crippen LogP contribution in [0.25, 0.3) is 21.8 Å². The fourth-order valence-electron chi connectivity index (χ4n) is 2.33. The lowest BCUT2D eigenvalue weighted by atomic mass is 10.0. The van der Waals surface area contributed by atoms with E-state index in [-0.39, 0.29) is 5.54 Å². The van der Waals surface area contributed by atoms with Crippen LogP contribution in [-0.4, -0.2) is 15.1 Å². The first kappa shape index (κ1) is 12.2. The molecule has 0 amide bonds. The van der Waals surface area contributed by atoms with Crippen molar-refractivity contribution in [3.63, 3.8) is 0 Å². The molecule has 0 radical (unpaired) electrons. The Morgan fingerprint density at radius 3 is 2.53 bits per heavy atom. The molecule has 0 aliphatic heterocycles. The van der Waals surface area contributed by atoms with Crippen molar-refractivity contribution in [3.8, 4) is 0 Å². The topological polar surface area (TPSA) is 43.8 Å². The molecule has 2 aromatic carbocycles. The van der Waals surface area contributed by atoms with Gasteiger partial charge in [-0.25, -0.2) is 4.98 Å². The van der Waals surface area contributed by atoms with E-state index < -0.39 is 0 Å². The van der Waals surface area contributed by atoms with Crippen molar-refractivity contribution in [3.05, 3.63) is 42.7 Å². The summed E-state index contributed by atoms with van der Waals surface area (Å²) in [6.07, 6.45) is 2.85. The van der Waals surface area contributed by atoms with Crippen molar-refractivity contribution in [1.29, 1.82) is 0 Å². The molecule has 1 heterocycles. The summed E-state index contributed by atoms with van der Waals surface area (Å²) in [5.41, 5.74) is 8.14. The molecule has 0 saturated carbocycles. The minimum absolute atomic E-state index is 0.145. The molecular formula is C16H19N3. The van der Waals surface area contributed by atoms with Crippen LogP contribution >= 0.6 is 0 Å². The molecule has 3 rings (SSSR count). The first-order chi connectivity index (χ1) is 9.03. The molecule has 19 heavy (non-hydrogen) atoms. The number of nitrogens with zero attached hydrogens (tertiary/aromatic N) is 2. The second kappa shape index (κ2) is 4.35. The van der Waals surface area contributed by atoms with Gasteiger partial charge in [0.1, 0.15) is 0 Å². The molecule has 0 saturated heterocycles. The molecule has 3 nitrogen and oxygen atoms in total. The Morgan fingerprint density at radius 2 is 1.84 bits per heavy atom. The van der Waals surface area contributed by atoms with E-state index in [2.05, 4.69) is 59.8 Å². The van der Waals surface area contributed by atoms with E-state index in [1.165, 1.54) is 16.3 Å². The average Bonchev–Trinajstić information content (AvgIpc) is 2.75. The molecule has 0 aliphatic rings. The normalized spacial score (nSPS) is 12.4. The lowest BCUT2D eigenvalue weighted by Crippen LogP contribution is -2.33. The summed E-state index contributed by atoms with van der Waals surface area (Å²) in [7, 11) is 0. The predicted molar refractivity (Wildman–Crippen MR) is 80.1 cm³/mol. The highest BCUT2D eigenvalue weighted by atomic mass is 15.0. The van der Waals surface area contributed by atoms with Crippen LogP contribution in [0.15, 0.2) is 42.7 Å². The number of rotatable bonds is 3. The van der Waals surface area contributed by atoms with Gasteiger partial charge in [-0.15, -0.1) is 0 Å². The Hall–Kier alpha value is -1.87. The van der Waals surface area contributed by atoms with Crippen molar-refractivity contribution in [2.24, 2.45) is 5.73 Å². The first-order valence-corrected chi connectivity index (χ1v) is 6.65. The van der Waals surface area contributed by atoms with Crippen molar-refractivity contribution in [2.45, 2.75) is 32.4 Å². The third-order valence-electron chi connectivity index (χ3n) is 3.49. The number of aryl methyl sites for hydroxylation is 1. The second-order valence-corrected chi connectivity index (χ2v) is 5.86. The van der Waals surface area contributed by atoms with Gasteiger partial charge >= 0.3 is 0 Å². The summed E-state index contributed by atoms with van der Waals surface area (Å²) in [6, 6.07) is 12.7. The number of nitrogens with two attached hydrogens (primary N) is 1. The molecular weight excluding hydrogens is 234 g/mol. The Balaban J connectivity index is 2.04. The molecule has 2 N–H and O–H groups in total. The Morgan fingerprint density at radius 1 is 1.16 bits per heavy atom. The third kappa shape index (κ3) is 2.47. The summed E-state index contributed by atoms with van der Waals surface area (Å²) in [6.45, 7) is 5.02. The van der Waals surface area contributed by atoms with Crippen LogP contribution in [0, 0.1) is 0 Å². The molecule has 0 atom stereocenters. The lowest BCUT2D eigenvalue weighted by molar-refractivity contribution is 0.440. The van der Waals surface area contributed by atoms with Gasteiger partial charge in [-0.1, -0.05) is 24.3 Å². The Bertz CT molecular complexity index is 720. The zero-order valence-electron chi connectivity index (χ0n) is 11.4. The zero-order chi connectivity index (χ0) is 13.5. The smallest absolute Gasteiger partial charge is 0.0958 e. The monoisotopic (exact) mass is 253 g/mol. The van der Waals surface area contributed by atoms with Crippen molar-refractivity contribution >= 4 is 21.8 Å². The van der Waals surface area contributed by atoms with E-state index in [0.29, 0.717) is 0 Å². The lowest BCUT2D eigenvalue weighted by Gasteiger charge is -2.18. The molecule has 0 aliphatic carbocycles. The van der Waals surface area contributed by atoms with Crippen LogP contribution in [0.1, 0.15) is 20.3 Å². The van der Waals surface area contributed by atoms with E-state index in [1.807, 2.05) is 6.33 Å². The van der Waals surface area contributed by atoms with Gasteiger partial charge in [-0.2, -0.15) is 0 Å². The van der Waals surface area contributed by atoms with E-state index in [9.17, 15) is 0 Å². The van der Waals surface area contributed by atoms with Gasteiger partial charge in [-0.05, 0) is 43.2 Å². The predicted octanol–water partition coefficient (Wildman–Crippen LogP) is 3.32. The average molecular weight is 253 g/mol. The number of hydrogen-bond donors (Lipinski definition) is 1. The quantitative estimate of drug-likeness (QED) is 0.778. The summed E-state index contributed by atoms with van der Waals surface area (Å²) in [5, 5.41) is 2.49. The minimum Gasteiger partial charge on any atom is -0.331 e. The SMILES string of the molecule is CC(C)(N)CCn1cnc2cc3ccccc3cc21.